The molecule has 0 bridgehead atoms. The molecule has 1 unspecified atom stereocenters. The van der Waals surface area contributed by atoms with Gasteiger partial charge in [0.05, 0.1) is 12.1 Å². The summed E-state index contributed by atoms with van der Waals surface area (Å²) in [5, 5.41) is 3.18. The molecule has 1 N–H and O–H groups in total. The van der Waals surface area contributed by atoms with E-state index in [1.165, 1.54) is 11.6 Å². The van der Waals surface area contributed by atoms with E-state index in [1.807, 2.05) is 25.2 Å². The van der Waals surface area contributed by atoms with Gasteiger partial charge in [-0.05, 0) is 88.9 Å². The standard InChI is InChI=1S/C31H42FN3O3/c1-23(2)35-22-30(38-31(13-14-31)29(35)36)15-19-34(20-16-30)18-12-24-7-4-5-10-27(24)37-28(11-17-33-3)25-8-6-9-26(32)21-25/h4-10,21,23,28,33H,11-20,22H2,1-3H3. The molecule has 3 fully saturated rings. The molecule has 2 aliphatic heterocycles. The number of para-hydroxylation sites is 1. The van der Waals surface area contributed by atoms with E-state index in [1.54, 1.807) is 12.1 Å². The average molecular weight is 524 g/mol. The summed E-state index contributed by atoms with van der Waals surface area (Å²) >= 11 is 0. The van der Waals surface area contributed by atoms with Gasteiger partial charge in [-0.3, -0.25) is 4.79 Å². The number of piperidine rings is 1. The van der Waals surface area contributed by atoms with Crippen molar-refractivity contribution in [2.24, 2.45) is 0 Å². The number of likely N-dealkylation sites (tertiary alicyclic amines) is 1. The Balaban J connectivity index is 1.20. The Morgan fingerprint density at radius 3 is 2.53 bits per heavy atom. The second-order valence-electron chi connectivity index (χ2n) is 11.6. The summed E-state index contributed by atoms with van der Waals surface area (Å²) in [5.41, 5.74) is 1.27. The molecule has 2 aromatic rings. The molecule has 1 saturated carbocycles. The molecule has 0 radical (unpaired) electrons. The van der Waals surface area contributed by atoms with E-state index in [2.05, 4.69) is 41.1 Å². The molecule has 2 aromatic carbocycles. The highest BCUT2D eigenvalue weighted by molar-refractivity contribution is 5.89. The maximum atomic E-state index is 13.9. The molecule has 6 nitrogen and oxygen atoms in total. The van der Waals surface area contributed by atoms with Crippen LogP contribution in [0, 0.1) is 5.82 Å². The zero-order valence-electron chi connectivity index (χ0n) is 23.0. The Morgan fingerprint density at radius 2 is 1.84 bits per heavy atom. The molecule has 3 aliphatic rings. The fourth-order valence-corrected chi connectivity index (χ4v) is 5.96. The number of benzene rings is 2. The van der Waals surface area contributed by atoms with Crippen molar-refractivity contribution in [2.75, 3.05) is 39.8 Å². The van der Waals surface area contributed by atoms with Gasteiger partial charge in [0.25, 0.3) is 5.91 Å². The lowest BCUT2D eigenvalue weighted by atomic mass is 9.87. The Morgan fingerprint density at radius 1 is 1.08 bits per heavy atom. The van der Waals surface area contributed by atoms with Gasteiger partial charge in [-0.25, -0.2) is 4.39 Å². The minimum atomic E-state index is -0.535. The first kappa shape index (κ1) is 27.1. The number of carbonyl (C=O) groups is 1. The normalized spacial score (nSPS) is 21.3. The summed E-state index contributed by atoms with van der Waals surface area (Å²) in [5.74, 6) is 0.819. The molecular formula is C31H42FN3O3. The van der Waals surface area contributed by atoms with Crippen molar-refractivity contribution >= 4 is 5.91 Å². The fraction of sp³-hybridized carbons (Fsp3) is 0.581. The van der Waals surface area contributed by atoms with Crippen LogP contribution in [0.5, 0.6) is 5.75 Å². The smallest absolute Gasteiger partial charge is 0.255 e. The lowest BCUT2D eigenvalue weighted by Crippen LogP contribution is -2.64. The van der Waals surface area contributed by atoms with Gasteiger partial charge in [0.2, 0.25) is 0 Å². The second-order valence-corrected chi connectivity index (χ2v) is 11.6. The number of hydrogen-bond donors (Lipinski definition) is 1. The topological polar surface area (TPSA) is 54.0 Å². The van der Waals surface area contributed by atoms with Crippen LogP contribution < -0.4 is 10.1 Å². The van der Waals surface area contributed by atoms with Crippen LogP contribution >= 0.6 is 0 Å². The van der Waals surface area contributed by atoms with Crippen LogP contribution in [0.4, 0.5) is 4.39 Å². The zero-order valence-corrected chi connectivity index (χ0v) is 23.0. The first-order chi connectivity index (χ1) is 18.3. The summed E-state index contributed by atoms with van der Waals surface area (Å²) < 4.78 is 27.1. The number of morpholine rings is 1. The van der Waals surface area contributed by atoms with Gasteiger partial charge in [0, 0.05) is 32.1 Å². The van der Waals surface area contributed by atoms with Gasteiger partial charge in [0.1, 0.15) is 23.3 Å². The van der Waals surface area contributed by atoms with Crippen molar-refractivity contribution in [3.63, 3.8) is 0 Å². The predicted octanol–water partition coefficient (Wildman–Crippen LogP) is 4.73. The molecule has 1 aliphatic carbocycles. The molecule has 2 saturated heterocycles. The van der Waals surface area contributed by atoms with Crippen molar-refractivity contribution in [1.82, 2.24) is 15.1 Å². The number of nitrogens with zero attached hydrogens (tertiary/aromatic N) is 2. The van der Waals surface area contributed by atoms with Gasteiger partial charge in [-0.1, -0.05) is 30.3 Å². The summed E-state index contributed by atoms with van der Waals surface area (Å²) in [6, 6.07) is 15.1. The van der Waals surface area contributed by atoms with E-state index >= 15 is 0 Å². The molecule has 7 heteroatoms. The number of carbonyl (C=O) groups excluding carboxylic acids is 1. The van der Waals surface area contributed by atoms with Crippen LogP contribution in [-0.4, -0.2) is 72.7 Å². The minimum Gasteiger partial charge on any atom is -0.485 e. The molecule has 1 amide bonds. The maximum absolute atomic E-state index is 13.9. The third-order valence-corrected chi connectivity index (χ3v) is 8.43. The summed E-state index contributed by atoms with van der Waals surface area (Å²) in [7, 11) is 1.92. The third kappa shape index (κ3) is 5.90. The highest BCUT2D eigenvalue weighted by Crippen LogP contribution is 2.50. The number of ether oxygens (including phenoxy) is 2. The predicted molar refractivity (Wildman–Crippen MR) is 147 cm³/mol. The van der Waals surface area contributed by atoms with E-state index in [0.29, 0.717) is 6.54 Å². The Hall–Kier alpha value is -2.48. The zero-order chi connectivity index (χ0) is 26.8. The van der Waals surface area contributed by atoms with E-state index in [0.717, 1.165) is 76.0 Å². The summed E-state index contributed by atoms with van der Waals surface area (Å²) in [6.07, 6.45) is 5.04. The molecule has 2 spiro atoms. The molecule has 2 heterocycles. The van der Waals surface area contributed by atoms with Crippen LogP contribution in [-0.2, 0) is 16.0 Å². The van der Waals surface area contributed by atoms with E-state index in [9.17, 15) is 9.18 Å². The first-order valence-corrected chi connectivity index (χ1v) is 14.2. The summed E-state index contributed by atoms with van der Waals surface area (Å²) in [6.45, 7) is 8.58. The minimum absolute atomic E-state index is 0.198. The number of hydrogen-bond acceptors (Lipinski definition) is 5. The fourth-order valence-electron chi connectivity index (χ4n) is 5.96. The number of halogens is 1. The van der Waals surface area contributed by atoms with Crippen molar-refractivity contribution in [1.29, 1.82) is 0 Å². The van der Waals surface area contributed by atoms with Crippen molar-refractivity contribution < 1.29 is 18.7 Å². The Kier molecular flexibility index (Phi) is 8.08. The van der Waals surface area contributed by atoms with Gasteiger partial charge < -0.3 is 24.6 Å². The largest absolute Gasteiger partial charge is 0.485 e. The van der Waals surface area contributed by atoms with Gasteiger partial charge in [-0.15, -0.1) is 0 Å². The Labute approximate surface area is 226 Å². The molecule has 1 atom stereocenters. The van der Waals surface area contributed by atoms with Crippen LogP contribution in [0.15, 0.2) is 48.5 Å². The Bertz CT molecular complexity index is 1110. The van der Waals surface area contributed by atoms with Crippen molar-refractivity contribution in [3.05, 3.63) is 65.5 Å². The number of rotatable bonds is 10. The lowest BCUT2D eigenvalue weighted by molar-refractivity contribution is -0.203. The quantitative estimate of drug-likeness (QED) is 0.488. The summed E-state index contributed by atoms with van der Waals surface area (Å²) in [4.78, 5) is 17.5. The molecule has 206 valence electrons. The van der Waals surface area contributed by atoms with Crippen molar-refractivity contribution in [2.45, 2.75) is 75.7 Å². The van der Waals surface area contributed by atoms with Crippen LogP contribution in [0.1, 0.15) is 63.2 Å². The molecular weight excluding hydrogens is 481 g/mol. The van der Waals surface area contributed by atoms with Gasteiger partial charge >= 0.3 is 0 Å². The average Bonchev–Trinajstić information content (AvgIpc) is 3.68. The monoisotopic (exact) mass is 523 g/mol. The van der Waals surface area contributed by atoms with Crippen LogP contribution in [0.2, 0.25) is 0 Å². The third-order valence-electron chi connectivity index (χ3n) is 8.43. The van der Waals surface area contributed by atoms with E-state index in [4.69, 9.17) is 9.47 Å². The maximum Gasteiger partial charge on any atom is 0.255 e. The first-order valence-electron chi connectivity index (χ1n) is 14.2. The highest BCUT2D eigenvalue weighted by atomic mass is 19.1. The van der Waals surface area contributed by atoms with E-state index in [-0.39, 0.29) is 29.5 Å². The van der Waals surface area contributed by atoms with Gasteiger partial charge in [-0.2, -0.15) is 0 Å². The van der Waals surface area contributed by atoms with Crippen LogP contribution in [0.3, 0.4) is 0 Å². The number of nitrogens with one attached hydrogen (secondary N) is 1. The van der Waals surface area contributed by atoms with Crippen LogP contribution in [0.25, 0.3) is 0 Å². The number of amides is 1. The van der Waals surface area contributed by atoms with E-state index < -0.39 is 5.60 Å². The molecule has 5 rings (SSSR count). The molecule has 0 aromatic heterocycles. The molecule has 38 heavy (non-hydrogen) atoms. The second kappa shape index (κ2) is 11.3. The lowest BCUT2D eigenvalue weighted by Gasteiger charge is -2.51. The van der Waals surface area contributed by atoms with Gasteiger partial charge in [0.15, 0.2) is 0 Å². The highest BCUT2D eigenvalue weighted by Gasteiger charge is 2.62. The SMILES string of the molecule is CNCCC(Oc1ccccc1CCN1CCC2(CC1)CN(C(C)C)C(=O)C1(CC1)O2)c1cccc(F)c1. The van der Waals surface area contributed by atoms with Crippen molar-refractivity contribution in [3.8, 4) is 5.75 Å².